The number of nitrogens with zero attached hydrogens (tertiary/aromatic N) is 2. The van der Waals surface area contributed by atoms with Gasteiger partial charge in [0.15, 0.2) is 5.41 Å². The van der Waals surface area contributed by atoms with Crippen molar-refractivity contribution in [3.63, 3.8) is 0 Å². The molecule has 7 nitrogen and oxygen atoms in total. The molecule has 1 aromatic carbocycles. The molecule has 0 spiro atoms. The van der Waals surface area contributed by atoms with Gasteiger partial charge in [-0.15, -0.1) is 0 Å². The van der Waals surface area contributed by atoms with E-state index in [9.17, 15) is 14.7 Å². The van der Waals surface area contributed by atoms with Crippen LogP contribution in [-0.4, -0.2) is 75.3 Å². The van der Waals surface area contributed by atoms with Gasteiger partial charge >= 0.3 is 11.9 Å². The lowest BCUT2D eigenvalue weighted by atomic mass is 9.63. The third kappa shape index (κ3) is 6.04. The number of phenolic OH excluding ortho intramolecular Hbond substituents is 1. The molecule has 2 aliphatic rings. The first-order chi connectivity index (χ1) is 18.5. The molecule has 0 amide bonds. The predicted octanol–water partition coefficient (Wildman–Crippen LogP) is 6.36. The molecule has 0 radical (unpaired) electrons. The highest BCUT2D eigenvalue weighted by Gasteiger charge is 2.60. The van der Waals surface area contributed by atoms with Crippen LogP contribution in [0, 0.1) is 10.8 Å². The number of carbonyl (C=O) groups excluding carboxylic acids is 2. The Kier molecular flexibility index (Phi) is 8.84. The molecule has 1 aromatic rings. The Morgan fingerprint density at radius 2 is 1.15 bits per heavy atom. The van der Waals surface area contributed by atoms with Gasteiger partial charge in [0.1, 0.15) is 18.0 Å². The van der Waals surface area contributed by atoms with Crippen molar-refractivity contribution in [1.29, 1.82) is 0 Å². The summed E-state index contributed by atoms with van der Waals surface area (Å²) in [7, 11) is 4.15. The first-order valence-electron chi connectivity index (χ1n) is 15.2. The maximum Gasteiger partial charge on any atom is 0.324 e. The summed E-state index contributed by atoms with van der Waals surface area (Å²) in [6.45, 7) is 23.0. The molecule has 41 heavy (non-hydrogen) atoms. The van der Waals surface area contributed by atoms with Crippen molar-refractivity contribution in [2.45, 2.75) is 143 Å². The number of carbonyl (C=O) groups is 2. The molecule has 3 rings (SSSR count). The van der Waals surface area contributed by atoms with E-state index in [1.54, 1.807) is 24.3 Å². The largest absolute Gasteiger partial charge is 0.508 e. The molecule has 2 fully saturated rings. The third-order valence-corrected chi connectivity index (χ3v) is 11.0. The summed E-state index contributed by atoms with van der Waals surface area (Å²) in [5, 5.41) is 9.92. The number of phenols is 1. The van der Waals surface area contributed by atoms with Crippen LogP contribution in [0.1, 0.15) is 107 Å². The van der Waals surface area contributed by atoms with E-state index in [2.05, 4.69) is 79.3 Å². The number of likely N-dealkylation sites (N-methyl/N-ethyl adjacent to an activating group) is 2. The Bertz CT molecular complexity index is 1060. The van der Waals surface area contributed by atoms with Crippen LogP contribution in [0.25, 0.3) is 0 Å². The Morgan fingerprint density at radius 1 is 0.780 bits per heavy atom. The molecule has 2 saturated heterocycles. The summed E-state index contributed by atoms with van der Waals surface area (Å²) < 4.78 is 12.9. The Labute approximate surface area is 249 Å². The average molecular weight is 573 g/mol. The fraction of sp³-hybridized carbons (Fsp3) is 0.765. The molecule has 0 bridgehead atoms. The van der Waals surface area contributed by atoms with Crippen molar-refractivity contribution >= 4 is 11.9 Å². The second kappa shape index (κ2) is 10.9. The Balaban J connectivity index is 2.06. The zero-order valence-electron chi connectivity index (χ0n) is 28.0. The van der Waals surface area contributed by atoms with Gasteiger partial charge < -0.3 is 14.6 Å². The topological polar surface area (TPSA) is 79.3 Å². The van der Waals surface area contributed by atoms with Crippen LogP contribution in [0.15, 0.2) is 24.3 Å². The summed E-state index contributed by atoms with van der Waals surface area (Å²) in [6.07, 6.45) is 2.49. The lowest BCUT2D eigenvalue weighted by Crippen LogP contribution is -2.66. The number of hydrogen-bond donors (Lipinski definition) is 1. The highest BCUT2D eigenvalue weighted by molar-refractivity contribution is 6.01. The third-order valence-electron chi connectivity index (χ3n) is 11.0. The maximum absolute atomic E-state index is 14.6. The lowest BCUT2D eigenvalue weighted by Gasteiger charge is -2.55. The van der Waals surface area contributed by atoms with Crippen molar-refractivity contribution in [3.05, 3.63) is 29.8 Å². The number of aromatic hydroxyl groups is 1. The van der Waals surface area contributed by atoms with Crippen molar-refractivity contribution in [2.24, 2.45) is 10.8 Å². The van der Waals surface area contributed by atoms with E-state index in [1.165, 1.54) is 0 Å². The van der Waals surface area contributed by atoms with Gasteiger partial charge in [-0.1, -0.05) is 32.9 Å². The molecule has 0 aromatic heterocycles. The van der Waals surface area contributed by atoms with Crippen LogP contribution in [0.5, 0.6) is 5.75 Å². The van der Waals surface area contributed by atoms with Crippen LogP contribution < -0.4 is 0 Å². The van der Waals surface area contributed by atoms with Crippen molar-refractivity contribution in [1.82, 2.24) is 9.80 Å². The molecule has 0 saturated carbocycles. The molecule has 0 aliphatic carbocycles. The van der Waals surface area contributed by atoms with Gasteiger partial charge in [-0.2, -0.15) is 0 Å². The number of esters is 2. The minimum atomic E-state index is -1.60. The Morgan fingerprint density at radius 3 is 1.49 bits per heavy atom. The molecule has 7 heteroatoms. The van der Waals surface area contributed by atoms with E-state index < -0.39 is 33.8 Å². The lowest BCUT2D eigenvalue weighted by molar-refractivity contribution is -0.204. The minimum absolute atomic E-state index is 0.0368. The number of hydrogen-bond acceptors (Lipinski definition) is 7. The maximum atomic E-state index is 14.6. The van der Waals surface area contributed by atoms with Gasteiger partial charge in [-0.3, -0.25) is 19.4 Å². The quantitative estimate of drug-likeness (QED) is 0.314. The fourth-order valence-corrected chi connectivity index (χ4v) is 6.89. The SMILES string of the molecule is CN1C(C)(C)CCC(OC(=O)C(Cc2ccc(O)cc2)(C(=O)OC2CCC(C)(C)N(C)C2(C)C)C(C)(C)C)C1(C)C. The summed E-state index contributed by atoms with van der Waals surface area (Å²) in [5.41, 5.74) is -2.60. The predicted molar refractivity (Wildman–Crippen MR) is 164 cm³/mol. The zero-order valence-corrected chi connectivity index (χ0v) is 28.0. The van der Waals surface area contributed by atoms with Crippen molar-refractivity contribution < 1.29 is 24.2 Å². The second-order valence-electron chi connectivity index (χ2n) is 15.9. The van der Waals surface area contributed by atoms with Crippen molar-refractivity contribution in [2.75, 3.05) is 14.1 Å². The van der Waals surface area contributed by atoms with E-state index in [4.69, 9.17) is 9.47 Å². The van der Waals surface area contributed by atoms with E-state index in [0.29, 0.717) is 12.8 Å². The molecule has 232 valence electrons. The highest BCUT2D eigenvalue weighted by Crippen LogP contribution is 2.48. The smallest absolute Gasteiger partial charge is 0.324 e. The van der Waals surface area contributed by atoms with Crippen LogP contribution >= 0.6 is 0 Å². The number of rotatable bonds is 6. The highest BCUT2D eigenvalue weighted by atomic mass is 16.6. The first-order valence-corrected chi connectivity index (χ1v) is 15.2. The van der Waals surface area contributed by atoms with Gasteiger partial charge in [0.05, 0.1) is 11.1 Å². The minimum Gasteiger partial charge on any atom is -0.508 e. The summed E-state index contributed by atoms with van der Waals surface area (Å²) in [6, 6.07) is 6.69. The second-order valence-corrected chi connectivity index (χ2v) is 15.9. The van der Waals surface area contributed by atoms with Crippen LogP contribution in [0.4, 0.5) is 0 Å². The standard InChI is InChI=1S/C34H56N2O5/c1-29(2,3)34(22-23-14-16-24(37)17-15-23,27(38)40-25-18-20-30(4,5)35(12)32(25,8)9)28(39)41-26-19-21-31(6,7)36(13)33(26,10)11/h14-17,25-26,37H,18-22H2,1-13H3. The molecule has 2 heterocycles. The van der Waals surface area contributed by atoms with Crippen LogP contribution in [0.2, 0.25) is 0 Å². The monoisotopic (exact) mass is 572 g/mol. The first kappa shape index (κ1) is 33.4. The average Bonchev–Trinajstić information content (AvgIpc) is 2.84. The molecule has 2 atom stereocenters. The molecule has 2 aliphatic heterocycles. The van der Waals surface area contributed by atoms with Gasteiger partial charge in [0.25, 0.3) is 0 Å². The Hall–Kier alpha value is -2.12. The normalized spacial score (nSPS) is 27.4. The van der Waals surface area contributed by atoms with Gasteiger partial charge in [0, 0.05) is 11.1 Å². The summed E-state index contributed by atoms with van der Waals surface area (Å²) in [5.74, 6) is -0.961. The van der Waals surface area contributed by atoms with Gasteiger partial charge in [0.2, 0.25) is 0 Å². The summed E-state index contributed by atoms with van der Waals surface area (Å²) in [4.78, 5) is 33.8. The van der Waals surface area contributed by atoms with E-state index in [-0.39, 0.29) is 35.5 Å². The van der Waals surface area contributed by atoms with Crippen LogP contribution in [-0.2, 0) is 25.5 Å². The van der Waals surface area contributed by atoms with Gasteiger partial charge in [-0.25, -0.2) is 0 Å². The zero-order chi connectivity index (χ0) is 31.4. The van der Waals surface area contributed by atoms with Gasteiger partial charge in [-0.05, 0) is 125 Å². The number of ether oxygens (including phenoxy) is 2. The van der Waals surface area contributed by atoms with E-state index >= 15 is 0 Å². The molecule has 1 N–H and O–H groups in total. The molecule has 2 unspecified atom stereocenters. The number of piperidine rings is 2. The summed E-state index contributed by atoms with van der Waals surface area (Å²) >= 11 is 0. The van der Waals surface area contributed by atoms with E-state index in [0.717, 1.165) is 18.4 Å². The van der Waals surface area contributed by atoms with Crippen molar-refractivity contribution in [3.8, 4) is 5.75 Å². The molecular weight excluding hydrogens is 516 g/mol. The van der Waals surface area contributed by atoms with Crippen LogP contribution in [0.3, 0.4) is 0 Å². The number of benzene rings is 1. The van der Waals surface area contributed by atoms with E-state index in [1.807, 2.05) is 20.8 Å². The fourth-order valence-electron chi connectivity index (χ4n) is 6.89. The number of likely N-dealkylation sites (tertiary alicyclic amines) is 2. The molecular formula is C34H56N2O5.